The molecule has 0 aliphatic rings. The third-order valence-electron chi connectivity index (χ3n) is 4.33. The standard InChI is InChI=1S/C23H23NO4/c1-16(17-12-13-21(26-2)22(15-17)27-3)24-23(25)18-8-7-11-20(14-18)28-19-9-5-4-6-10-19/h4-16H,1-3H3,(H,24,25). The van der Waals surface area contributed by atoms with Gasteiger partial charge < -0.3 is 19.5 Å². The highest BCUT2D eigenvalue weighted by atomic mass is 16.5. The molecule has 28 heavy (non-hydrogen) atoms. The molecule has 0 aliphatic carbocycles. The Hall–Kier alpha value is -3.47. The summed E-state index contributed by atoms with van der Waals surface area (Å²) in [6.45, 7) is 1.92. The van der Waals surface area contributed by atoms with Crippen molar-refractivity contribution in [3.05, 3.63) is 83.9 Å². The molecule has 0 spiro atoms. The summed E-state index contributed by atoms with van der Waals surface area (Å²) in [5, 5.41) is 3.00. The van der Waals surface area contributed by atoms with Crippen LogP contribution in [0.25, 0.3) is 0 Å². The maximum Gasteiger partial charge on any atom is 0.251 e. The van der Waals surface area contributed by atoms with E-state index in [1.54, 1.807) is 32.4 Å². The van der Waals surface area contributed by atoms with E-state index in [1.165, 1.54) is 0 Å². The molecule has 0 saturated heterocycles. The number of carbonyl (C=O) groups excluding carboxylic acids is 1. The lowest BCUT2D eigenvalue weighted by atomic mass is 10.1. The zero-order valence-electron chi connectivity index (χ0n) is 16.1. The first-order valence-electron chi connectivity index (χ1n) is 8.96. The number of nitrogens with one attached hydrogen (secondary N) is 1. The molecule has 0 bridgehead atoms. The van der Waals surface area contributed by atoms with Crippen molar-refractivity contribution in [2.45, 2.75) is 13.0 Å². The lowest BCUT2D eigenvalue weighted by Crippen LogP contribution is -2.26. The minimum atomic E-state index is -0.203. The van der Waals surface area contributed by atoms with Crippen LogP contribution in [0.2, 0.25) is 0 Å². The first-order valence-corrected chi connectivity index (χ1v) is 8.96. The number of amides is 1. The predicted molar refractivity (Wildman–Crippen MR) is 108 cm³/mol. The van der Waals surface area contributed by atoms with E-state index >= 15 is 0 Å². The Kier molecular flexibility index (Phi) is 6.17. The number of hydrogen-bond acceptors (Lipinski definition) is 4. The van der Waals surface area contributed by atoms with E-state index in [1.807, 2.05) is 61.5 Å². The average Bonchev–Trinajstić information content (AvgIpc) is 2.74. The molecule has 3 aromatic rings. The zero-order chi connectivity index (χ0) is 19.9. The molecule has 0 fully saturated rings. The summed E-state index contributed by atoms with van der Waals surface area (Å²) in [7, 11) is 3.18. The van der Waals surface area contributed by atoms with E-state index in [9.17, 15) is 4.79 Å². The maximum atomic E-state index is 12.7. The van der Waals surface area contributed by atoms with Crippen molar-refractivity contribution < 1.29 is 19.0 Å². The highest BCUT2D eigenvalue weighted by Crippen LogP contribution is 2.30. The molecule has 5 heteroatoms. The fourth-order valence-corrected chi connectivity index (χ4v) is 2.81. The lowest BCUT2D eigenvalue weighted by molar-refractivity contribution is 0.0939. The molecule has 5 nitrogen and oxygen atoms in total. The van der Waals surface area contributed by atoms with Crippen LogP contribution in [0, 0.1) is 0 Å². The molecule has 1 atom stereocenters. The van der Waals surface area contributed by atoms with Crippen molar-refractivity contribution in [2.75, 3.05) is 14.2 Å². The summed E-state index contributed by atoms with van der Waals surface area (Å²) in [4.78, 5) is 12.7. The first-order chi connectivity index (χ1) is 13.6. The van der Waals surface area contributed by atoms with Gasteiger partial charge in [0, 0.05) is 5.56 Å². The zero-order valence-corrected chi connectivity index (χ0v) is 16.1. The van der Waals surface area contributed by atoms with E-state index in [2.05, 4.69) is 5.32 Å². The smallest absolute Gasteiger partial charge is 0.251 e. The van der Waals surface area contributed by atoms with Gasteiger partial charge in [-0.25, -0.2) is 0 Å². The van der Waals surface area contributed by atoms with Crippen LogP contribution in [0.3, 0.4) is 0 Å². The minimum absolute atomic E-state index is 0.180. The van der Waals surface area contributed by atoms with E-state index in [0.717, 1.165) is 11.3 Å². The number of rotatable bonds is 7. The van der Waals surface area contributed by atoms with E-state index in [0.29, 0.717) is 22.8 Å². The summed E-state index contributed by atoms with van der Waals surface area (Å²) in [6, 6.07) is 21.9. The second-order valence-electron chi connectivity index (χ2n) is 6.25. The topological polar surface area (TPSA) is 56.8 Å². The Morgan fingerprint density at radius 2 is 1.54 bits per heavy atom. The number of benzene rings is 3. The third-order valence-corrected chi connectivity index (χ3v) is 4.33. The molecule has 3 rings (SSSR count). The number of carbonyl (C=O) groups is 1. The summed E-state index contributed by atoms with van der Waals surface area (Å²) < 4.78 is 16.4. The highest BCUT2D eigenvalue weighted by molar-refractivity contribution is 5.94. The first kappa shape index (κ1) is 19.3. The van der Waals surface area contributed by atoms with Gasteiger partial charge in [-0.15, -0.1) is 0 Å². The highest BCUT2D eigenvalue weighted by Gasteiger charge is 2.14. The summed E-state index contributed by atoms with van der Waals surface area (Å²) in [6.07, 6.45) is 0. The third kappa shape index (κ3) is 4.62. The number of ether oxygens (including phenoxy) is 3. The average molecular weight is 377 g/mol. The van der Waals surface area contributed by atoms with Gasteiger partial charge in [-0.2, -0.15) is 0 Å². The Labute approximate surface area is 164 Å². The van der Waals surface area contributed by atoms with Crippen molar-refractivity contribution in [1.82, 2.24) is 5.32 Å². The van der Waals surface area contributed by atoms with Crippen LogP contribution < -0.4 is 19.5 Å². The Bertz CT molecular complexity index is 940. The van der Waals surface area contributed by atoms with Gasteiger partial charge in [-0.1, -0.05) is 30.3 Å². The normalized spacial score (nSPS) is 11.4. The SMILES string of the molecule is COc1ccc(C(C)NC(=O)c2cccc(Oc3ccccc3)c2)cc1OC. The van der Waals surface area contributed by atoms with Crippen LogP contribution in [0.15, 0.2) is 72.8 Å². The van der Waals surface area contributed by atoms with Crippen LogP contribution in [0.5, 0.6) is 23.0 Å². The molecule has 1 unspecified atom stereocenters. The van der Waals surface area contributed by atoms with Crippen molar-refractivity contribution >= 4 is 5.91 Å². The summed E-state index contributed by atoms with van der Waals surface area (Å²) in [5.74, 6) is 2.42. The van der Waals surface area contributed by atoms with Crippen LogP contribution in [-0.4, -0.2) is 20.1 Å². The van der Waals surface area contributed by atoms with Gasteiger partial charge in [0.25, 0.3) is 5.91 Å². The van der Waals surface area contributed by atoms with Crippen LogP contribution in [0.4, 0.5) is 0 Å². The van der Waals surface area contributed by atoms with Gasteiger partial charge in [0.1, 0.15) is 11.5 Å². The molecule has 1 amide bonds. The fourth-order valence-electron chi connectivity index (χ4n) is 2.81. The minimum Gasteiger partial charge on any atom is -0.493 e. The largest absolute Gasteiger partial charge is 0.493 e. The Morgan fingerprint density at radius 3 is 2.25 bits per heavy atom. The van der Waals surface area contributed by atoms with Gasteiger partial charge in [0.15, 0.2) is 11.5 Å². The fraction of sp³-hybridized carbons (Fsp3) is 0.174. The second kappa shape index (κ2) is 8.95. The molecule has 0 heterocycles. The summed E-state index contributed by atoms with van der Waals surface area (Å²) >= 11 is 0. The molecular formula is C23H23NO4. The lowest BCUT2D eigenvalue weighted by Gasteiger charge is -2.17. The van der Waals surface area contributed by atoms with Crippen molar-refractivity contribution in [3.63, 3.8) is 0 Å². The molecule has 0 saturated carbocycles. The van der Waals surface area contributed by atoms with Crippen molar-refractivity contribution in [1.29, 1.82) is 0 Å². The molecule has 0 aromatic heterocycles. The molecule has 0 aliphatic heterocycles. The molecule has 144 valence electrons. The Balaban J connectivity index is 1.71. The van der Waals surface area contributed by atoms with E-state index < -0.39 is 0 Å². The van der Waals surface area contributed by atoms with E-state index in [-0.39, 0.29) is 11.9 Å². The van der Waals surface area contributed by atoms with Crippen LogP contribution >= 0.6 is 0 Å². The van der Waals surface area contributed by atoms with Crippen LogP contribution in [-0.2, 0) is 0 Å². The quantitative estimate of drug-likeness (QED) is 0.630. The number of methoxy groups -OCH3 is 2. The van der Waals surface area contributed by atoms with Crippen molar-refractivity contribution in [3.8, 4) is 23.0 Å². The number of para-hydroxylation sites is 1. The maximum absolute atomic E-state index is 12.7. The van der Waals surface area contributed by atoms with Gasteiger partial charge in [-0.3, -0.25) is 4.79 Å². The predicted octanol–water partition coefficient (Wildman–Crippen LogP) is 4.99. The van der Waals surface area contributed by atoms with Crippen molar-refractivity contribution in [2.24, 2.45) is 0 Å². The van der Waals surface area contributed by atoms with Crippen LogP contribution in [0.1, 0.15) is 28.9 Å². The second-order valence-corrected chi connectivity index (χ2v) is 6.25. The summed E-state index contributed by atoms with van der Waals surface area (Å²) in [5.41, 5.74) is 1.45. The van der Waals surface area contributed by atoms with Gasteiger partial charge >= 0.3 is 0 Å². The molecule has 1 N–H and O–H groups in total. The molecule has 3 aromatic carbocycles. The monoisotopic (exact) mass is 377 g/mol. The van der Waals surface area contributed by atoms with E-state index in [4.69, 9.17) is 14.2 Å². The molecular weight excluding hydrogens is 354 g/mol. The number of hydrogen-bond donors (Lipinski definition) is 1. The van der Waals surface area contributed by atoms with Gasteiger partial charge in [0.2, 0.25) is 0 Å². The molecule has 0 radical (unpaired) electrons. The van der Waals surface area contributed by atoms with Gasteiger partial charge in [0.05, 0.1) is 20.3 Å². The van der Waals surface area contributed by atoms with Gasteiger partial charge in [-0.05, 0) is 55.0 Å². The Morgan fingerprint density at radius 1 is 0.821 bits per heavy atom.